The normalized spacial score (nSPS) is 11.2. The van der Waals surface area contributed by atoms with Crippen molar-refractivity contribution in [1.29, 1.82) is 0 Å². The number of carbonyl (C=O) groups excluding carboxylic acids is 1. The molecule has 0 aliphatic heterocycles. The van der Waals surface area contributed by atoms with Crippen LogP contribution < -0.4 is 11.0 Å². The van der Waals surface area contributed by atoms with E-state index in [-0.39, 0.29) is 11.6 Å². The third-order valence-corrected chi connectivity index (χ3v) is 3.32. The molecule has 0 radical (unpaired) electrons. The van der Waals surface area contributed by atoms with Gasteiger partial charge in [-0.2, -0.15) is 0 Å². The van der Waals surface area contributed by atoms with Crippen molar-refractivity contribution in [2.75, 3.05) is 6.54 Å². The smallest absolute Gasteiger partial charge is 0.328 e. The Labute approximate surface area is 118 Å². The molecule has 1 heterocycles. The molecule has 0 aliphatic rings. The average molecular weight is 275 g/mol. The van der Waals surface area contributed by atoms with Crippen LogP contribution in [0.5, 0.6) is 0 Å². The zero-order chi connectivity index (χ0) is 14.7. The van der Waals surface area contributed by atoms with E-state index in [0.717, 1.165) is 11.0 Å². The first kappa shape index (κ1) is 14.4. The van der Waals surface area contributed by atoms with Gasteiger partial charge >= 0.3 is 5.69 Å². The van der Waals surface area contributed by atoms with Crippen molar-refractivity contribution >= 4 is 16.9 Å². The van der Waals surface area contributed by atoms with E-state index in [1.54, 1.807) is 16.2 Å². The fourth-order valence-corrected chi connectivity index (χ4v) is 2.20. The molecule has 0 spiro atoms. The SMILES string of the molecule is CC(C)CNC(=O)CCn1c(=O)n(C)c2ccccc21. The van der Waals surface area contributed by atoms with Gasteiger partial charge in [0.25, 0.3) is 0 Å². The Hall–Kier alpha value is -2.04. The van der Waals surface area contributed by atoms with Gasteiger partial charge in [0.05, 0.1) is 11.0 Å². The highest BCUT2D eigenvalue weighted by Crippen LogP contribution is 2.11. The number of aromatic nitrogens is 2. The summed E-state index contributed by atoms with van der Waals surface area (Å²) < 4.78 is 3.27. The largest absolute Gasteiger partial charge is 0.356 e. The summed E-state index contributed by atoms with van der Waals surface area (Å²) in [6.07, 6.45) is 0.320. The molecule has 1 amide bonds. The molecule has 0 atom stereocenters. The lowest BCUT2D eigenvalue weighted by atomic mass is 10.2. The van der Waals surface area contributed by atoms with Gasteiger partial charge in [-0.05, 0) is 18.1 Å². The first-order valence-corrected chi connectivity index (χ1v) is 6.91. The van der Waals surface area contributed by atoms with Gasteiger partial charge in [-0.15, -0.1) is 0 Å². The van der Waals surface area contributed by atoms with Crippen LogP contribution in [0.3, 0.4) is 0 Å². The molecule has 5 heteroatoms. The maximum absolute atomic E-state index is 12.2. The number of fused-ring (bicyclic) bond motifs is 1. The molecule has 2 rings (SSSR count). The van der Waals surface area contributed by atoms with Crippen molar-refractivity contribution in [3.8, 4) is 0 Å². The van der Waals surface area contributed by atoms with Crippen LogP contribution in [0.2, 0.25) is 0 Å². The molecule has 2 aromatic rings. The molecule has 108 valence electrons. The van der Waals surface area contributed by atoms with E-state index < -0.39 is 0 Å². The van der Waals surface area contributed by atoms with E-state index in [1.807, 2.05) is 24.3 Å². The van der Waals surface area contributed by atoms with E-state index in [2.05, 4.69) is 19.2 Å². The zero-order valence-electron chi connectivity index (χ0n) is 12.2. The fourth-order valence-electron chi connectivity index (χ4n) is 2.20. The number of para-hydroxylation sites is 2. The summed E-state index contributed by atoms with van der Waals surface area (Å²) in [4.78, 5) is 23.9. The number of imidazole rings is 1. The number of hydrogen-bond donors (Lipinski definition) is 1. The maximum Gasteiger partial charge on any atom is 0.328 e. The molecular weight excluding hydrogens is 254 g/mol. The van der Waals surface area contributed by atoms with Gasteiger partial charge in [0, 0.05) is 26.6 Å². The van der Waals surface area contributed by atoms with Gasteiger partial charge < -0.3 is 5.32 Å². The molecule has 1 N–H and O–H groups in total. The summed E-state index contributed by atoms with van der Waals surface area (Å²) in [6.45, 7) is 5.18. The summed E-state index contributed by atoms with van der Waals surface area (Å²) in [6, 6.07) is 7.62. The van der Waals surface area contributed by atoms with Crippen LogP contribution in [0, 0.1) is 5.92 Å². The van der Waals surface area contributed by atoms with Gasteiger partial charge in [-0.25, -0.2) is 4.79 Å². The van der Waals surface area contributed by atoms with E-state index in [1.165, 1.54) is 0 Å². The highest BCUT2D eigenvalue weighted by molar-refractivity contribution is 5.77. The first-order chi connectivity index (χ1) is 9.50. The van der Waals surface area contributed by atoms with E-state index in [9.17, 15) is 9.59 Å². The number of rotatable bonds is 5. The number of hydrogen-bond acceptors (Lipinski definition) is 2. The van der Waals surface area contributed by atoms with Gasteiger partial charge in [-0.3, -0.25) is 13.9 Å². The number of aryl methyl sites for hydroxylation is 2. The molecule has 0 bridgehead atoms. The summed E-state index contributed by atoms with van der Waals surface area (Å²) in [5, 5.41) is 2.87. The maximum atomic E-state index is 12.2. The van der Waals surface area contributed by atoms with Crippen LogP contribution in [-0.4, -0.2) is 21.6 Å². The van der Waals surface area contributed by atoms with Crippen LogP contribution >= 0.6 is 0 Å². The molecule has 0 unspecified atom stereocenters. The number of nitrogens with zero attached hydrogens (tertiary/aromatic N) is 2. The molecule has 5 nitrogen and oxygen atoms in total. The number of nitrogens with one attached hydrogen (secondary N) is 1. The van der Waals surface area contributed by atoms with E-state index in [0.29, 0.717) is 25.4 Å². The van der Waals surface area contributed by atoms with Crippen LogP contribution in [0.25, 0.3) is 11.0 Å². The Bertz CT molecular complexity index is 667. The second-order valence-corrected chi connectivity index (χ2v) is 5.43. The quantitative estimate of drug-likeness (QED) is 0.899. The molecule has 0 saturated heterocycles. The Morgan fingerprint density at radius 3 is 2.55 bits per heavy atom. The minimum atomic E-state index is -0.0807. The topological polar surface area (TPSA) is 56.0 Å². The third-order valence-electron chi connectivity index (χ3n) is 3.32. The number of amides is 1. The van der Waals surface area contributed by atoms with Gasteiger partial charge in [0.2, 0.25) is 5.91 Å². The molecule has 1 aromatic carbocycles. The van der Waals surface area contributed by atoms with Crippen molar-refractivity contribution in [3.63, 3.8) is 0 Å². The fraction of sp³-hybridized carbons (Fsp3) is 0.467. The van der Waals surface area contributed by atoms with Crippen LogP contribution in [0.4, 0.5) is 0 Å². The Morgan fingerprint density at radius 1 is 1.25 bits per heavy atom. The highest BCUT2D eigenvalue weighted by atomic mass is 16.2. The summed E-state index contributed by atoms with van der Waals surface area (Å²) in [5.74, 6) is 0.415. The summed E-state index contributed by atoms with van der Waals surface area (Å²) >= 11 is 0. The van der Waals surface area contributed by atoms with Crippen molar-refractivity contribution in [2.24, 2.45) is 13.0 Å². The molecular formula is C15H21N3O2. The standard InChI is InChI=1S/C15H21N3O2/c1-11(2)10-16-14(19)8-9-18-13-7-5-4-6-12(13)17(3)15(18)20/h4-7,11H,8-10H2,1-3H3,(H,16,19). The highest BCUT2D eigenvalue weighted by Gasteiger charge is 2.11. The second-order valence-electron chi connectivity index (χ2n) is 5.43. The Balaban J connectivity index is 2.13. The lowest BCUT2D eigenvalue weighted by Gasteiger charge is -2.08. The lowest BCUT2D eigenvalue weighted by molar-refractivity contribution is -0.121. The molecule has 1 aromatic heterocycles. The summed E-state index contributed by atoms with van der Waals surface area (Å²) in [7, 11) is 1.75. The predicted molar refractivity (Wildman–Crippen MR) is 79.6 cm³/mol. The van der Waals surface area contributed by atoms with Gasteiger partial charge in [0.15, 0.2) is 0 Å². The van der Waals surface area contributed by atoms with Crippen molar-refractivity contribution in [1.82, 2.24) is 14.5 Å². The van der Waals surface area contributed by atoms with Crippen molar-refractivity contribution in [3.05, 3.63) is 34.7 Å². The monoisotopic (exact) mass is 275 g/mol. The molecule has 0 aliphatic carbocycles. The van der Waals surface area contributed by atoms with Crippen molar-refractivity contribution in [2.45, 2.75) is 26.8 Å². The second kappa shape index (κ2) is 5.94. The molecule has 0 saturated carbocycles. The van der Waals surface area contributed by atoms with Gasteiger partial charge in [-0.1, -0.05) is 26.0 Å². The van der Waals surface area contributed by atoms with E-state index in [4.69, 9.17) is 0 Å². The van der Waals surface area contributed by atoms with Crippen LogP contribution in [0.1, 0.15) is 20.3 Å². The number of benzene rings is 1. The van der Waals surface area contributed by atoms with Gasteiger partial charge in [0.1, 0.15) is 0 Å². The van der Waals surface area contributed by atoms with E-state index >= 15 is 0 Å². The summed E-state index contributed by atoms with van der Waals surface area (Å²) in [5.41, 5.74) is 1.68. The van der Waals surface area contributed by atoms with Crippen LogP contribution in [-0.2, 0) is 18.4 Å². The predicted octanol–water partition coefficient (Wildman–Crippen LogP) is 1.50. The first-order valence-electron chi connectivity index (χ1n) is 6.91. The Kier molecular flexibility index (Phi) is 4.27. The lowest BCUT2D eigenvalue weighted by Crippen LogP contribution is -2.30. The minimum Gasteiger partial charge on any atom is -0.356 e. The average Bonchev–Trinajstić information content (AvgIpc) is 2.67. The van der Waals surface area contributed by atoms with Crippen molar-refractivity contribution < 1.29 is 4.79 Å². The van der Waals surface area contributed by atoms with Crippen LogP contribution in [0.15, 0.2) is 29.1 Å². The molecule has 20 heavy (non-hydrogen) atoms. The minimum absolute atomic E-state index is 0.0152. The third kappa shape index (κ3) is 2.92. The molecule has 0 fully saturated rings. The zero-order valence-corrected chi connectivity index (χ0v) is 12.2. The number of carbonyl (C=O) groups is 1. The Morgan fingerprint density at radius 2 is 1.90 bits per heavy atom.